The lowest BCUT2D eigenvalue weighted by atomic mass is 9.92. The van der Waals surface area contributed by atoms with Crippen LogP contribution < -0.4 is 14.8 Å². The zero-order valence-electron chi connectivity index (χ0n) is 28.6. The predicted molar refractivity (Wildman–Crippen MR) is 192 cm³/mol. The number of aromatic nitrogens is 1. The van der Waals surface area contributed by atoms with Gasteiger partial charge in [-0.15, -0.1) is 0 Å². The van der Waals surface area contributed by atoms with Crippen molar-refractivity contribution in [3.05, 3.63) is 111 Å². The summed E-state index contributed by atoms with van der Waals surface area (Å²) in [5.74, 6) is 0.950. The van der Waals surface area contributed by atoms with Crippen molar-refractivity contribution in [1.82, 2.24) is 15.2 Å². The summed E-state index contributed by atoms with van der Waals surface area (Å²) >= 11 is 6.73. The summed E-state index contributed by atoms with van der Waals surface area (Å²) in [4.78, 5) is 6.35. The van der Waals surface area contributed by atoms with Crippen LogP contribution in [0.3, 0.4) is 0 Å². The third kappa shape index (κ3) is 9.80. The van der Waals surface area contributed by atoms with Gasteiger partial charge in [0, 0.05) is 55.8 Å². The average Bonchev–Trinajstić information content (AvgIpc) is 3.55. The van der Waals surface area contributed by atoms with E-state index < -0.39 is 6.04 Å². The molecule has 1 saturated heterocycles. The minimum absolute atomic E-state index is 0.160. The van der Waals surface area contributed by atoms with Gasteiger partial charge in [-0.3, -0.25) is 9.88 Å². The van der Waals surface area contributed by atoms with Crippen LogP contribution in [0.15, 0.2) is 67.0 Å². The summed E-state index contributed by atoms with van der Waals surface area (Å²) in [6.07, 6.45) is 3.74. The summed E-state index contributed by atoms with van der Waals surface area (Å²) in [6.45, 7) is 8.06. The standard InChI is InChI=1S/C39H45ClN4O6/c1-26-30(24-48-12-11-44-10-9-34(47)20-44)5-3-7-35(26)36-8-4-6-31(27(36)2)25-50-39-15-38(49-23-29-13-28(16-41)17-42-18-29)32(14-37(39)40)19-43-33(21-45)22-46/h3-8,13-15,17-18,33-34,43,45-47H,9-12,19-25H2,1-2H3/t34-/m1/s1. The van der Waals surface area contributed by atoms with Gasteiger partial charge in [0.2, 0.25) is 0 Å². The van der Waals surface area contributed by atoms with Crippen LogP contribution in [0.5, 0.6) is 11.5 Å². The predicted octanol–water partition coefficient (Wildman–Crippen LogP) is 5.07. The quantitative estimate of drug-likeness (QED) is 0.110. The van der Waals surface area contributed by atoms with Crippen molar-refractivity contribution in [2.75, 3.05) is 39.5 Å². The van der Waals surface area contributed by atoms with Gasteiger partial charge in [0.05, 0.1) is 49.2 Å². The maximum absolute atomic E-state index is 9.77. The van der Waals surface area contributed by atoms with Crippen molar-refractivity contribution in [2.45, 2.75) is 58.8 Å². The number of aliphatic hydroxyl groups excluding tert-OH is 3. The van der Waals surface area contributed by atoms with Gasteiger partial charge in [-0.1, -0.05) is 48.0 Å². The Kier molecular flexibility index (Phi) is 13.6. The lowest BCUT2D eigenvalue weighted by Gasteiger charge is -2.19. The van der Waals surface area contributed by atoms with E-state index in [-0.39, 0.29) is 39.1 Å². The van der Waals surface area contributed by atoms with E-state index in [0.717, 1.165) is 59.4 Å². The molecule has 3 aromatic carbocycles. The van der Waals surface area contributed by atoms with Crippen LogP contribution >= 0.6 is 11.6 Å². The van der Waals surface area contributed by atoms with Crippen molar-refractivity contribution in [3.8, 4) is 28.7 Å². The monoisotopic (exact) mass is 700 g/mol. The van der Waals surface area contributed by atoms with Gasteiger partial charge in [-0.05, 0) is 65.8 Å². The van der Waals surface area contributed by atoms with Crippen molar-refractivity contribution >= 4 is 11.6 Å². The molecule has 1 aromatic heterocycles. The second-order valence-corrected chi connectivity index (χ2v) is 13.0. The maximum atomic E-state index is 9.77. The summed E-state index contributed by atoms with van der Waals surface area (Å²) in [5.41, 5.74) is 8.53. The van der Waals surface area contributed by atoms with E-state index >= 15 is 0 Å². The molecule has 0 saturated carbocycles. The van der Waals surface area contributed by atoms with Crippen molar-refractivity contribution in [3.63, 3.8) is 0 Å². The summed E-state index contributed by atoms with van der Waals surface area (Å²) in [5, 5.41) is 41.6. The third-order valence-corrected chi connectivity index (χ3v) is 9.37. The number of rotatable bonds is 17. The Labute approximate surface area is 298 Å². The first-order valence-electron chi connectivity index (χ1n) is 16.8. The molecule has 1 aliphatic heterocycles. The minimum atomic E-state index is -0.503. The topological polar surface area (TPSA) is 140 Å². The zero-order chi connectivity index (χ0) is 35.5. The zero-order valence-corrected chi connectivity index (χ0v) is 29.3. The van der Waals surface area contributed by atoms with Gasteiger partial charge >= 0.3 is 0 Å². The lowest BCUT2D eigenvalue weighted by Crippen LogP contribution is -2.35. The van der Waals surface area contributed by atoms with E-state index in [1.807, 2.05) is 12.1 Å². The molecule has 10 nitrogen and oxygen atoms in total. The number of benzene rings is 3. The van der Waals surface area contributed by atoms with E-state index in [0.29, 0.717) is 40.9 Å². The number of hydrogen-bond acceptors (Lipinski definition) is 10. The Hall–Kier alpha value is -4.05. The molecule has 0 aliphatic carbocycles. The fourth-order valence-corrected chi connectivity index (χ4v) is 6.24. The van der Waals surface area contributed by atoms with Crippen LogP contribution in [0.1, 0.15) is 45.4 Å². The molecule has 0 bridgehead atoms. The van der Waals surface area contributed by atoms with Crippen molar-refractivity contribution < 1.29 is 29.5 Å². The third-order valence-electron chi connectivity index (χ3n) is 9.08. The Bertz CT molecular complexity index is 1780. The van der Waals surface area contributed by atoms with Crippen molar-refractivity contribution in [1.29, 1.82) is 5.26 Å². The highest BCUT2D eigenvalue weighted by molar-refractivity contribution is 6.32. The maximum Gasteiger partial charge on any atom is 0.142 e. The van der Waals surface area contributed by atoms with E-state index in [9.17, 15) is 20.6 Å². The molecule has 4 N–H and O–H groups in total. The molecule has 0 unspecified atom stereocenters. The summed E-state index contributed by atoms with van der Waals surface area (Å²) < 4.78 is 18.5. The number of aliphatic hydroxyl groups is 3. The highest BCUT2D eigenvalue weighted by Gasteiger charge is 2.20. The number of pyridine rings is 1. The first kappa shape index (κ1) is 37.2. The second-order valence-electron chi connectivity index (χ2n) is 12.6. The first-order chi connectivity index (χ1) is 24.3. The van der Waals surface area contributed by atoms with E-state index in [1.54, 1.807) is 24.4 Å². The van der Waals surface area contributed by atoms with Gasteiger partial charge in [0.15, 0.2) is 0 Å². The molecule has 50 heavy (non-hydrogen) atoms. The number of nitrogens with one attached hydrogen (secondary N) is 1. The minimum Gasteiger partial charge on any atom is -0.488 e. The molecule has 5 rings (SSSR count). The molecule has 1 fully saturated rings. The average molecular weight is 701 g/mol. The molecule has 1 atom stereocenters. The summed E-state index contributed by atoms with van der Waals surface area (Å²) in [7, 11) is 0. The van der Waals surface area contributed by atoms with Gasteiger partial charge in [0.25, 0.3) is 0 Å². The number of nitriles is 1. The highest BCUT2D eigenvalue weighted by Crippen LogP contribution is 2.35. The fraction of sp³-hybridized carbons (Fsp3) is 0.385. The molecule has 2 heterocycles. The van der Waals surface area contributed by atoms with Gasteiger partial charge < -0.3 is 34.8 Å². The number of β-amino-alcohol motifs (C(OH)–C–C–N with tert-alkyl or cyclic N) is 1. The molecule has 0 radical (unpaired) electrons. The number of halogens is 1. The molecule has 4 aromatic rings. The van der Waals surface area contributed by atoms with Crippen LogP contribution in [-0.4, -0.2) is 76.8 Å². The Balaban J connectivity index is 1.30. The number of hydrogen-bond donors (Lipinski definition) is 4. The smallest absolute Gasteiger partial charge is 0.142 e. The van der Waals surface area contributed by atoms with Crippen LogP contribution in [0.4, 0.5) is 0 Å². The Morgan fingerprint density at radius 1 is 0.940 bits per heavy atom. The van der Waals surface area contributed by atoms with Crippen LogP contribution in [0.2, 0.25) is 5.02 Å². The highest BCUT2D eigenvalue weighted by atomic mass is 35.5. The molecular weight excluding hydrogens is 656 g/mol. The van der Waals surface area contributed by atoms with Crippen LogP contribution in [-0.2, 0) is 31.1 Å². The largest absolute Gasteiger partial charge is 0.488 e. The first-order valence-corrected chi connectivity index (χ1v) is 17.2. The normalized spacial score (nSPS) is 14.6. The fourth-order valence-electron chi connectivity index (χ4n) is 6.00. The summed E-state index contributed by atoms with van der Waals surface area (Å²) in [6, 6.07) is 19.3. The molecule has 264 valence electrons. The van der Waals surface area contributed by atoms with E-state index in [1.165, 1.54) is 11.8 Å². The Morgan fingerprint density at radius 3 is 2.30 bits per heavy atom. The van der Waals surface area contributed by atoms with Crippen molar-refractivity contribution in [2.24, 2.45) is 0 Å². The molecule has 0 spiro atoms. The van der Waals surface area contributed by atoms with Gasteiger partial charge in [0.1, 0.15) is 30.8 Å². The number of likely N-dealkylation sites (tertiary alicyclic amines) is 1. The lowest BCUT2D eigenvalue weighted by molar-refractivity contribution is 0.0936. The van der Waals surface area contributed by atoms with Crippen LogP contribution in [0.25, 0.3) is 11.1 Å². The molecule has 1 aliphatic rings. The number of ether oxygens (including phenoxy) is 3. The second kappa shape index (κ2) is 18.3. The van der Waals surface area contributed by atoms with Gasteiger partial charge in [-0.2, -0.15) is 5.26 Å². The Morgan fingerprint density at radius 2 is 1.64 bits per heavy atom. The van der Waals surface area contributed by atoms with E-state index in [4.69, 9.17) is 25.8 Å². The SMILES string of the molecule is Cc1c(COCCN2CC[C@@H](O)C2)cccc1-c1cccc(COc2cc(OCc3cncc(C#N)c3)c(CNC(CO)CO)cc2Cl)c1C. The van der Waals surface area contributed by atoms with Crippen LogP contribution in [0, 0.1) is 25.2 Å². The molecule has 0 amide bonds. The van der Waals surface area contributed by atoms with E-state index in [2.05, 4.69) is 59.4 Å². The molecule has 11 heteroatoms. The van der Waals surface area contributed by atoms with Gasteiger partial charge in [-0.25, -0.2) is 0 Å². The number of nitrogens with zero attached hydrogens (tertiary/aromatic N) is 3. The molecular formula is C39H45ClN4O6.